The number of rotatable bonds is 5. The fourth-order valence-corrected chi connectivity index (χ4v) is 5.38. The van der Waals surface area contributed by atoms with Crippen LogP contribution in [0, 0.1) is 10.8 Å². The van der Waals surface area contributed by atoms with Gasteiger partial charge in [0, 0.05) is 68.9 Å². The molecular weight excluding hydrogens is 300 g/mol. The van der Waals surface area contributed by atoms with Crippen molar-refractivity contribution in [3.63, 3.8) is 0 Å². The summed E-state index contributed by atoms with van der Waals surface area (Å²) >= 11 is 0. The van der Waals surface area contributed by atoms with Crippen LogP contribution in [-0.4, -0.2) is 74.5 Å². The van der Waals surface area contributed by atoms with Crippen LogP contribution in [0.1, 0.15) is 52.4 Å². The molecule has 138 valence electrons. The van der Waals surface area contributed by atoms with Gasteiger partial charge in [-0.15, -0.1) is 0 Å². The first-order chi connectivity index (χ1) is 11.6. The summed E-state index contributed by atoms with van der Waals surface area (Å²) < 4.78 is 11.3. The van der Waals surface area contributed by atoms with E-state index in [1.54, 1.807) is 0 Å². The van der Waals surface area contributed by atoms with E-state index in [4.69, 9.17) is 9.47 Å². The summed E-state index contributed by atoms with van der Waals surface area (Å²) in [5, 5.41) is 0. The molecule has 2 unspecified atom stereocenters. The Kier molecular flexibility index (Phi) is 4.94. The van der Waals surface area contributed by atoms with Crippen molar-refractivity contribution in [3.8, 4) is 0 Å². The van der Waals surface area contributed by atoms with Crippen molar-refractivity contribution >= 4 is 0 Å². The van der Waals surface area contributed by atoms with Crippen LogP contribution in [0.3, 0.4) is 0 Å². The molecule has 4 fully saturated rings. The first-order valence-corrected chi connectivity index (χ1v) is 10.2. The molecule has 4 saturated heterocycles. The van der Waals surface area contributed by atoms with Gasteiger partial charge in [-0.3, -0.25) is 9.80 Å². The van der Waals surface area contributed by atoms with E-state index in [0.717, 1.165) is 38.5 Å². The molecule has 0 aromatic carbocycles. The molecule has 2 spiro atoms. The van der Waals surface area contributed by atoms with E-state index in [1.165, 1.54) is 64.7 Å². The average molecular weight is 337 g/mol. The molecule has 0 aromatic heterocycles. The summed E-state index contributed by atoms with van der Waals surface area (Å²) in [6.45, 7) is 14.0. The molecule has 0 amide bonds. The van der Waals surface area contributed by atoms with Gasteiger partial charge in [0.1, 0.15) is 0 Å². The molecule has 24 heavy (non-hydrogen) atoms. The molecule has 0 radical (unpaired) electrons. The molecule has 4 heterocycles. The highest BCUT2D eigenvalue weighted by Crippen LogP contribution is 2.42. The maximum absolute atomic E-state index is 5.72. The molecule has 4 heteroatoms. The van der Waals surface area contributed by atoms with Crippen molar-refractivity contribution in [2.24, 2.45) is 10.8 Å². The Hall–Kier alpha value is -0.160. The highest BCUT2D eigenvalue weighted by Gasteiger charge is 2.47. The molecular formula is C20H36N2O2. The minimum atomic E-state index is 0.519. The van der Waals surface area contributed by atoms with E-state index < -0.39 is 0 Å². The lowest BCUT2D eigenvalue weighted by Crippen LogP contribution is -2.62. The Balaban J connectivity index is 1.15. The predicted molar refractivity (Wildman–Crippen MR) is 96.3 cm³/mol. The lowest BCUT2D eigenvalue weighted by atomic mass is 9.72. The maximum Gasteiger partial charge on any atom is 0.0547 e. The fourth-order valence-electron chi connectivity index (χ4n) is 5.38. The van der Waals surface area contributed by atoms with Crippen LogP contribution in [0.15, 0.2) is 0 Å². The minimum absolute atomic E-state index is 0.519. The lowest BCUT2D eigenvalue weighted by Gasteiger charge is -2.55. The van der Waals surface area contributed by atoms with Crippen molar-refractivity contribution in [2.45, 2.75) is 64.5 Å². The van der Waals surface area contributed by atoms with Gasteiger partial charge < -0.3 is 9.47 Å². The third-order valence-electron chi connectivity index (χ3n) is 7.36. The van der Waals surface area contributed by atoms with E-state index in [1.807, 2.05) is 0 Å². The number of hydrogen-bond acceptors (Lipinski definition) is 4. The Morgan fingerprint density at radius 3 is 1.88 bits per heavy atom. The Morgan fingerprint density at radius 1 is 0.750 bits per heavy atom. The first-order valence-electron chi connectivity index (χ1n) is 10.2. The summed E-state index contributed by atoms with van der Waals surface area (Å²) in [5.74, 6) is 0. The highest BCUT2D eigenvalue weighted by molar-refractivity contribution is 4.99. The van der Waals surface area contributed by atoms with Gasteiger partial charge in [-0.25, -0.2) is 0 Å². The van der Waals surface area contributed by atoms with Crippen LogP contribution in [0.4, 0.5) is 0 Å². The normalized spacial score (nSPS) is 32.2. The van der Waals surface area contributed by atoms with Gasteiger partial charge in [-0.2, -0.15) is 0 Å². The number of nitrogens with zero attached hydrogens (tertiary/aromatic N) is 2. The van der Waals surface area contributed by atoms with Crippen molar-refractivity contribution in [2.75, 3.05) is 52.6 Å². The zero-order chi connectivity index (χ0) is 16.6. The lowest BCUT2D eigenvalue weighted by molar-refractivity contribution is -0.117. The Labute approximate surface area is 147 Å². The van der Waals surface area contributed by atoms with Crippen LogP contribution in [-0.2, 0) is 9.47 Å². The second-order valence-corrected chi connectivity index (χ2v) is 9.35. The van der Waals surface area contributed by atoms with Crippen LogP contribution in [0.25, 0.3) is 0 Å². The number of likely N-dealkylation sites (tertiary alicyclic amines) is 2. The van der Waals surface area contributed by atoms with Crippen LogP contribution in [0.2, 0.25) is 0 Å². The van der Waals surface area contributed by atoms with Gasteiger partial charge in [0.05, 0.1) is 6.61 Å². The molecule has 4 aliphatic rings. The Bertz CT molecular complexity index is 373. The van der Waals surface area contributed by atoms with Crippen molar-refractivity contribution in [1.29, 1.82) is 0 Å². The van der Waals surface area contributed by atoms with Crippen molar-refractivity contribution < 1.29 is 9.47 Å². The maximum atomic E-state index is 5.72. The quantitative estimate of drug-likeness (QED) is 0.771. The second kappa shape index (κ2) is 6.86. The average Bonchev–Trinajstić information content (AvgIpc) is 2.56. The van der Waals surface area contributed by atoms with Crippen LogP contribution >= 0.6 is 0 Å². The van der Waals surface area contributed by atoms with Gasteiger partial charge in [0.15, 0.2) is 0 Å². The summed E-state index contributed by atoms with van der Waals surface area (Å²) in [6, 6.07) is 1.48. The molecule has 0 aromatic rings. The molecule has 0 bridgehead atoms. The second-order valence-electron chi connectivity index (χ2n) is 9.35. The number of ether oxygens (including phenoxy) is 2. The zero-order valence-corrected chi connectivity index (χ0v) is 15.8. The number of hydrogen-bond donors (Lipinski definition) is 0. The van der Waals surface area contributed by atoms with Gasteiger partial charge in [0.2, 0.25) is 0 Å². The fraction of sp³-hybridized carbons (Fsp3) is 1.00. The van der Waals surface area contributed by atoms with Crippen LogP contribution < -0.4 is 0 Å². The monoisotopic (exact) mass is 336 g/mol. The highest BCUT2D eigenvalue weighted by atomic mass is 16.5. The van der Waals surface area contributed by atoms with E-state index in [9.17, 15) is 0 Å². The predicted octanol–water partition coefficient (Wildman–Crippen LogP) is 2.77. The van der Waals surface area contributed by atoms with E-state index >= 15 is 0 Å². The Morgan fingerprint density at radius 2 is 1.33 bits per heavy atom. The van der Waals surface area contributed by atoms with E-state index in [2.05, 4.69) is 23.6 Å². The SMILES string of the molecule is CC(CCC(C)N1CC2(CCCOC2)C1)N1CC2(CCOCC2)C1. The molecule has 2 atom stereocenters. The van der Waals surface area contributed by atoms with E-state index in [-0.39, 0.29) is 0 Å². The molecule has 4 rings (SSSR count). The summed E-state index contributed by atoms with van der Waals surface area (Å²) in [6.07, 6.45) is 7.89. The third-order valence-corrected chi connectivity index (χ3v) is 7.36. The molecule has 4 aliphatic heterocycles. The standard InChI is InChI=1S/C20H36N2O2/c1-17(21-12-19(13-21)7-10-23-11-8-19)4-5-18(2)22-14-20(15-22)6-3-9-24-16-20/h17-18H,3-16H2,1-2H3. The third kappa shape index (κ3) is 3.40. The summed E-state index contributed by atoms with van der Waals surface area (Å²) in [4.78, 5) is 5.40. The minimum Gasteiger partial charge on any atom is -0.381 e. The summed E-state index contributed by atoms with van der Waals surface area (Å²) in [5.41, 5.74) is 1.13. The summed E-state index contributed by atoms with van der Waals surface area (Å²) in [7, 11) is 0. The van der Waals surface area contributed by atoms with Crippen LogP contribution in [0.5, 0.6) is 0 Å². The van der Waals surface area contributed by atoms with Crippen molar-refractivity contribution in [3.05, 3.63) is 0 Å². The molecule has 0 N–H and O–H groups in total. The topological polar surface area (TPSA) is 24.9 Å². The van der Waals surface area contributed by atoms with Gasteiger partial charge in [0.25, 0.3) is 0 Å². The molecule has 0 saturated carbocycles. The van der Waals surface area contributed by atoms with Gasteiger partial charge in [-0.05, 0) is 52.4 Å². The first kappa shape index (κ1) is 17.3. The smallest absolute Gasteiger partial charge is 0.0547 e. The van der Waals surface area contributed by atoms with Gasteiger partial charge >= 0.3 is 0 Å². The van der Waals surface area contributed by atoms with E-state index in [0.29, 0.717) is 10.8 Å². The largest absolute Gasteiger partial charge is 0.381 e. The molecule has 0 aliphatic carbocycles. The van der Waals surface area contributed by atoms with Gasteiger partial charge in [-0.1, -0.05) is 0 Å². The zero-order valence-electron chi connectivity index (χ0n) is 15.8. The molecule has 4 nitrogen and oxygen atoms in total. The van der Waals surface area contributed by atoms with Crippen molar-refractivity contribution in [1.82, 2.24) is 9.80 Å².